The van der Waals surface area contributed by atoms with Crippen molar-refractivity contribution in [1.82, 2.24) is 10.3 Å². The number of methoxy groups -OCH3 is 1. The lowest BCUT2D eigenvalue weighted by Crippen LogP contribution is -2.37. The largest absolute Gasteiger partial charge is 0.497 e. The molecule has 0 aliphatic carbocycles. The standard InChI is InChI=1S/C14H18N2O2/c1-14(5-7-15-8-6-14)13-16-11-9-10(17-2)3-4-12(11)18-13/h3-4,9,15H,5-8H2,1-2H3. The van der Waals surface area contributed by atoms with Gasteiger partial charge in [0, 0.05) is 11.5 Å². The highest BCUT2D eigenvalue weighted by Gasteiger charge is 2.33. The highest BCUT2D eigenvalue weighted by molar-refractivity contribution is 5.74. The van der Waals surface area contributed by atoms with E-state index >= 15 is 0 Å². The lowest BCUT2D eigenvalue weighted by Gasteiger charge is -2.30. The summed E-state index contributed by atoms with van der Waals surface area (Å²) in [7, 11) is 1.66. The molecule has 96 valence electrons. The van der Waals surface area contributed by atoms with E-state index in [1.54, 1.807) is 7.11 Å². The van der Waals surface area contributed by atoms with Gasteiger partial charge >= 0.3 is 0 Å². The summed E-state index contributed by atoms with van der Waals surface area (Å²) < 4.78 is 11.1. The van der Waals surface area contributed by atoms with Crippen molar-refractivity contribution in [2.24, 2.45) is 0 Å². The SMILES string of the molecule is COc1ccc2oc(C3(C)CCNCC3)nc2c1. The number of nitrogens with zero attached hydrogens (tertiary/aromatic N) is 1. The van der Waals surface area contributed by atoms with Gasteiger partial charge in [0.25, 0.3) is 0 Å². The van der Waals surface area contributed by atoms with Crippen LogP contribution in [0, 0.1) is 0 Å². The van der Waals surface area contributed by atoms with E-state index in [1.165, 1.54) is 0 Å². The van der Waals surface area contributed by atoms with Crippen LogP contribution in [0.15, 0.2) is 22.6 Å². The Labute approximate surface area is 106 Å². The van der Waals surface area contributed by atoms with Gasteiger partial charge in [-0.3, -0.25) is 0 Å². The minimum atomic E-state index is 0.0531. The van der Waals surface area contributed by atoms with E-state index < -0.39 is 0 Å². The van der Waals surface area contributed by atoms with Gasteiger partial charge in [-0.15, -0.1) is 0 Å². The van der Waals surface area contributed by atoms with E-state index in [-0.39, 0.29) is 5.41 Å². The van der Waals surface area contributed by atoms with Crippen molar-refractivity contribution in [3.63, 3.8) is 0 Å². The second kappa shape index (κ2) is 4.28. The molecule has 0 spiro atoms. The maximum atomic E-state index is 5.92. The van der Waals surface area contributed by atoms with Gasteiger partial charge in [-0.25, -0.2) is 4.98 Å². The molecule has 1 saturated heterocycles. The first-order valence-corrected chi connectivity index (χ1v) is 6.37. The van der Waals surface area contributed by atoms with Crippen molar-refractivity contribution in [1.29, 1.82) is 0 Å². The summed E-state index contributed by atoms with van der Waals surface area (Å²) in [6.45, 7) is 4.28. The highest BCUT2D eigenvalue weighted by Crippen LogP contribution is 2.34. The molecule has 0 unspecified atom stereocenters. The third kappa shape index (κ3) is 1.86. The Hall–Kier alpha value is -1.55. The quantitative estimate of drug-likeness (QED) is 0.884. The van der Waals surface area contributed by atoms with Crippen molar-refractivity contribution in [3.8, 4) is 5.75 Å². The maximum Gasteiger partial charge on any atom is 0.201 e. The van der Waals surface area contributed by atoms with Crippen LogP contribution in [0.4, 0.5) is 0 Å². The van der Waals surface area contributed by atoms with Crippen molar-refractivity contribution in [2.45, 2.75) is 25.2 Å². The smallest absolute Gasteiger partial charge is 0.201 e. The Balaban J connectivity index is 2.02. The molecule has 1 aliphatic rings. The van der Waals surface area contributed by atoms with Crippen LogP contribution in [0.25, 0.3) is 11.1 Å². The molecule has 4 heteroatoms. The molecule has 4 nitrogen and oxygen atoms in total. The van der Waals surface area contributed by atoms with E-state index in [4.69, 9.17) is 9.15 Å². The van der Waals surface area contributed by atoms with Crippen molar-refractivity contribution >= 4 is 11.1 Å². The van der Waals surface area contributed by atoms with Crippen LogP contribution in [-0.2, 0) is 5.41 Å². The molecule has 0 saturated carbocycles. The van der Waals surface area contributed by atoms with Gasteiger partial charge in [-0.2, -0.15) is 0 Å². The Morgan fingerprint density at radius 3 is 2.83 bits per heavy atom. The highest BCUT2D eigenvalue weighted by atomic mass is 16.5. The second-order valence-electron chi connectivity index (χ2n) is 5.16. The molecule has 1 aromatic heterocycles. The molecule has 1 N–H and O–H groups in total. The van der Waals surface area contributed by atoms with Crippen LogP contribution < -0.4 is 10.1 Å². The summed E-state index contributed by atoms with van der Waals surface area (Å²) in [6, 6.07) is 5.75. The van der Waals surface area contributed by atoms with E-state index in [1.807, 2.05) is 18.2 Å². The van der Waals surface area contributed by atoms with Gasteiger partial charge in [0.05, 0.1) is 7.11 Å². The molecule has 18 heavy (non-hydrogen) atoms. The number of aromatic nitrogens is 1. The molecule has 0 atom stereocenters. The second-order valence-corrected chi connectivity index (χ2v) is 5.16. The number of rotatable bonds is 2. The monoisotopic (exact) mass is 246 g/mol. The number of fused-ring (bicyclic) bond motifs is 1. The van der Waals surface area contributed by atoms with E-state index in [2.05, 4.69) is 17.2 Å². The average molecular weight is 246 g/mol. The zero-order valence-corrected chi connectivity index (χ0v) is 10.8. The first-order valence-electron chi connectivity index (χ1n) is 6.37. The third-order valence-electron chi connectivity index (χ3n) is 3.82. The number of nitrogens with one attached hydrogen (secondary N) is 1. The lowest BCUT2D eigenvalue weighted by molar-refractivity contribution is 0.275. The molecule has 1 aromatic carbocycles. The Morgan fingerprint density at radius 2 is 2.11 bits per heavy atom. The molecule has 3 rings (SSSR count). The van der Waals surface area contributed by atoms with Crippen LogP contribution in [0.5, 0.6) is 5.75 Å². The van der Waals surface area contributed by atoms with Gasteiger partial charge < -0.3 is 14.5 Å². The first-order chi connectivity index (χ1) is 8.71. The van der Waals surface area contributed by atoms with E-state index in [9.17, 15) is 0 Å². The summed E-state index contributed by atoms with van der Waals surface area (Å²) in [6.07, 6.45) is 2.13. The fourth-order valence-electron chi connectivity index (χ4n) is 2.48. The van der Waals surface area contributed by atoms with Gasteiger partial charge in [0.15, 0.2) is 5.58 Å². The fraction of sp³-hybridized carbons (Fsp3) is 0.500. The topological polar surface area (TPSA) is 47.3 Å². The average Bonchev–Trinajstić information content (AvgIpc) is 2.83. The van der Waals surface area contributed by atoms with Gasteiger partial charge in [0.1, 0.15) is 11.3 Å². The molecule has 1 aliphatic heterocycles. The molecule has 2 heterocycles. The van der Waals surface area contributed by atoms with Crippen molar-refractivity contribution < 1.29 is 9.15 Å². The minimum absolute atomic E-state index is 0.0531. The van der Waals surface area contributed by atoms with Crippen LogP contribution in [-0.4, -0.2) is 25.2 Å². The number of benzene rings is 1. The molecular weight excluding hydrogens is 228 g/mol. The summed E-state index contributed by atoms with van der Waals surface area (Å²) in [5.41, 5.74) is 1.77. The number of ether oxygens (including phenoxy) is 1. The molecular formula is C14H18N2O2. The fourth-order valence-corrected chi connectivity index (χ4v) is 2.48. The number of piperidine rings is 1. The van der Waals surface area contributed by atoms with Gasteiger partial charge in [0.2, 0.25) is 5.89 Å². The maximum absolute atomic E-state index is 5.92. The number of hydrogen-bond donors (Lipinski definition) is 1. The van der Waals surface area contributed by atoms with Gasteiger partial charge in [-0.05, 0) is 38.1 Å². The van der Waals surface area contributed by atoms with Crippen LogP contribution in [0.2, 0.25) is 0 Å². The Bertz CT molecular complexity index is 556. The van der Waals surface area contributed by atoms with E-state index in [0.717, 1.165) is 48.7 Å². The van der Waals surface area contributed by atoms with Crippen molar-refractivity contribution in [3.05, 3.63) is 24.1 Å². The zero-order chi connectivity index (χ0) is 12.6. The van der Waals surface area contributed by atoms with Crippen LogP contribution >= 0.6 is 0 Å². The summed E-state index contributed by atoms with van der Waals surface area (Å²) in [4.78, 5) is 4.64. The zero-order valence-electron chi connectivity index (χ0n) is 10.8. The lowest BCUT2D eigenvalue weighted by atomic mass is 9.81. The Kier molecular flexibility index (Phi) is 2.74. The summed E-state index contributed by atoms with van der Waals surface area (Å²) in [5.74, 6) is 1.67. The predicted molar refractivity (Wildman–Crippen MR) is 70.0 cm³/mol. The Morgan fingerprint density at radius 1 is 1.33 bits per heavy atom. The molecule has 0 amide bonds. The normalized spacial score (nSPS) is 19.0. The number of oxazole rings is 1. The minimum Gasteiger partial charge on any atom is -0.497 e. The molecule has 0 bridgehead atoms. The molecule has 2 aromatic rings. The summed E-state index contributed by atoms with van der Waals surface area (Å²) in [5, 5.41) is 3.37. The summed E-state index contributed by atoms with van der Waals surface area (Å²) >= 11 is 0. The van der Waals surface area contributed by atoms with Gasteiger partial charge in [-0.1, -0.05) is 6.92 Å². The van der Waals surface area contributed by atoms with Crippen LogP contribution in [0.1, 0.15) is 25.7 Å². The third-order valence-corrected chi connectivity index (χ3v) is 3.82. The predicted octanol–water partition coefficient (Wildman–Crippen LogP) is 2.48. The van der Waals surface area contributed by atoms with E-state index in [0.29, 0.717) is 0 Å². The van der Waals surface area contributed by atoms with Crippen LogP contribution in [0.3, 0.4) is 0 Å². The number of hydrogen-bond acceptors (Lipinski definition) is 4. The first kappa shape index (κ1) is 11.5. The molecule has 0 radical (unpaired) electrons. The van der Waals surface area contributed by atoms with Crippen molar-refractivity contribution in [2.75, 3.05) is 20.2 Å². The molecule has 1 fully saturated rings.